The van der Waals surface area contributed by atoms with Crippen molar-refractivity contribution < 1.29 is 18.3 Å². The van der Waals surface area contributed by atoms with E-state index in [2.05, 4.69) is 16.1 Å². The van der Waals surface area contributed by atoms with Crippen LogP contribution in [0.2, 0.25) is 0 Å². The molecule has 0 bridgehead atoms. The lowest BCUT2D eigenvalue weighted by atomic mass is 9.95. The van der Waals surface area contributed by atoms with Crippen LogP contribution in [-0.4, -0.2) is 19.1 Å². The highest BCUT2D eigenvalue weighted by Gasteiger charge is 2.14. The van der Waals surface area contributed by atoms with Crippen molar-refractivity contribution in [3.8, 4) is 22.9 Å². The molecule has 0 unspecified atom stereocenters. The first-order valence-corrected chi connectivity index (χ1v) is 8.99. The largest absolute Gasteiger partial charge is 0.435 e. The van der Waals surface area contributed by atoms with E-state index < -0.39 is 6.61 Å². The van der Waals surface area contributed by atoms with Gasteiger partial charge in [-0.25, -0.2) is 0 Å². The summed E-state index contributed by atoms with van der Waals surface area (Å²) in [6.45, 7) is -2.48. The lowest BCUT2D eigenvalue weighted by Gasteiger charge is -2.12. The molecule has 0 atom stereocenters. The fourth-order valence-corrected chi connectivity index (χ4v) is 2.98. The molecule has 1 N–H and O–H groups in total. The Hall–Kier alpha value is -3.72. The maximum Gasteiger partial charge on any atom is 0.387 e. The van der Waals surface area contributed by atoms with Crippen LogP contribution in [-0.2, 0) is 6.42 Å². The number of nitrogens with zero attached hydrogens (tertiary/aromatic N) is 1. The summed E-state index contributed by atoms with van der Waals surface area (Å²) in [7, 11) is 0. The monoisotopic (exact) mass is 392 g/mol. The summed E-state index contributed by atoms with van der Waals surface area (Å²) in [4.78, 5) is 12.7. The minimum atomic E-state index is -2.86. The van der Waals surface area contributed by atoms with Gasteiger partial charge in [-0.2, -0.15) is 14.0 Å². The molecule has 6 heteroatoms. The first kappa shape index (κ1) is 20.0. The van der Waals surface area contributed by atoms with Gasteiger partial charge in [0.25, 0.3) is 5.91 Å². The van der Waals surface area contributed by atoms with Crippen molar-refractivity contribution in [2.75, 3.05) is 6.54 Å². The highest BCUT2D eigenvalue weighted by atomic mass is 19.3. The zero-order chi connectivity index (χ0) is 20.6. The number of rotatable bonds is 7. The zero-order valence-electron chi connectivity index (χ0n) is 15.4. The second kappa shape index (κ2) is 9.47. The van der Waals surface area contributed by atoms with Crippen molar-refractivity contribution in [3.05, 3.63) is 89.5 Å². The van der Waals surface area contributed by atoms with Crippen LogP contribution in [0.5, 0.6) is 5.75 Å². The van der Waals surface area contributed by atoms with E-state index in [1.54, 1.807) is 36.4 Å². The summed E-state index contributed by atoms with van der Waals surface area (Å²) < 4.78 is 28.7. The molecule has 0 spiro atoms. The lowest BCUT2D eigenvalue weighted by Crippen LogP contribution is -2.26. The molecule has 0 aliphatic rings. The Morgan fingerprint density at radius 3 is 2.31 bits per heavy atom. The van der Waals surface area contributed by atoms with Gasteiger partial charge in [0.1, 0.15) is 5.75 Å². The molecule has 29 heavy (non-hydrogen) atoms. The van der Waals surface area contributed by atoms with Crippen molar-refractivity contribution >= 4 is 5.91 Å². The van der Waals surface area contributed by atoms with Gasteiger partial charge in [-0.15, -0.1) is 0 Å². The summed E-state index contributed by atoms with van der Waals surface area (Å²) in [6, 6.07) is 22.7. The molecule has 3 rings (SSSR count). The number of hydrogen-bond donors (Lipinski definition) is 1. The average Bonchev–Trinajstić information content (AvgIpc) is 2.74. The van der Waals surface area contributed by atoms with Crippen molar-refractivity contribution in [1.82, 2.24) is 5.32 Å². The average molecular weight is 392 g/mol. The highest BCUT2D eigenvalue weighted by molar-refractivity contribution is 6.01. The Labute approximate surface area is 167 Å². The predicted molar refractivity (Wildman–Crippen MR) is 106 cm³/mol. The van der Waals surface area contributed by atoms with Gasteiger partial charge in [0, 0.05) is 17.7 Å². The van der Waals surface area contributed by atoms with Gasteiger partial charge in [0.05, 0.1) is 11.6 Å². The van der Waals surface area contributed by atoms with Crippen LogP contribution in [0.25, 0.3) is 11.1 Å². The number of nitrogens with one attached hydrogen (secondary N) is 1. The second-order valence-corrected chi connectivity index (χ2v) is 6.23. The smallest absolute Gasteiger partial charge is 0.387 e. The predicted octanol–water partition coefficient (Wildman–Crippen LogP) is 4.80. The van der Waals surface area contributed by atoms with Crippen LogP contribution in [0, 0.1) is 11.3 Å². The summed E-state index contributed by atoms with van der Waals surface area (Å²) >= 11 is 0. The van der Waals surface area contributed by atoms with Crippen LogP contribution in [0.4, 0.5) is 8.78 Å². The van der Waals surface area contributed by atoms with Gasteiger partial charge < -0.3 is 10.1 Å². The molecule has 0 heterocycles. The van der Waals surface area contributed by atoms with Crippen molar-refractivity contribution in [2.24, 2.45) is 0 Å². The molecule has 0 aliphatic carbocycles. The zero-order valence-corrected chi connectivity index (χ0v) is 15.4. The standard InChI is InChI=1S/C23H18F2N2O2/c24-23(25)29-18-11-9-16(10-12-18)13-14-27-22(28)21-8-4-3-7-20(21)19-6-2-1-5-17(19)15-26/h1-12,23H,13-14H2,(H,27,28). The fourth-order valence-electron chi connectivity index (χ4n) is 2.98. The van der Waals surface area contributed by atoms with Gasteiger partial charge in [-0.05, 0) is 41.8 Å². The SMILES string of the molecule is N#Cc1ccccc1-c1ccccc1C(=O)NCCc1ccc(OC(F)F)cc1. The third kappa shape index (κ3) is 5.17. The number of hydrogen-bond acceptors (Lipinski definition) is 3. The maximum atomic E-state index is 12.7. The number of carbonyl (C=O) groups excluding carboxylic acids is 1. The molecule has 0 fully saturated rings. The Balaban J connectivity index is 1.67. The first-order chi connectivity index (χ1) is 14.1. The third-order valence-corrected chi connectivity index (χ3v) is 4.36. The molecular weight excluding hydrogens is 374 g/mol. The first-order valence-electron chi connectivity index (χ1n) is 8.99. The van der Waals surface area contributed by atoms with Crippen LogP contribution >= 0.6 is 0 Å². The van der Waals surface area contributed by atoms with Crippen LogP contribution in [0.15, 0.2) is 72.8 Å². The van der Waals surface area contributed by atoms with E-state index in [1.807, 2.05) is 24.3 Å². The van der Waals surface area contributed by atoms with E-state index in [4.69, 9.17) is 0 Å². The normalized spacial score (nSPS) is 10.4. The van der Waals surface area contributed by atoms with Crippen LogP contribution in [0.3, 0.4) is 0 Å². The summed E-state index contributed by atoms with van der Waals surface area (Å²) in [5.41, 5.74) is 3.26. The van der Waals surface area contributed by atoms with Gasteiger partial charge in [-0.1, -0.05) is 48.5 Å². The van der Waals surface area contributed by atoms with E-state index in [0.717, 1.165) is 5.56 Å². The molecule has 0 aliphatic heterocycles. The van der Waals surface area contributed by atoms with Crippen molar-refractivity contribution in [2.45, 2.75) is 13.0 Å². The number of ether oxygens (including phenoxy) is 1. The Morgan fingerprint density at radius 2 is 1.62 bits per heavy atom. The van der Waals surface area contributed by atoms with Crippen molar-refractivity contribution in [1.29, 1.82) is 5.26 Å². The summed E-state index contributed by atoms with van der Waals surface area (Å²) in [5.74, 6) is -0.149. The van der Waals surface area contributed by atoms with Crippen LogP contribution in [0.1, 0.15) is 21.5 Å². The van der Waals surface area contributed by atoms with Gasteiger partial charge in [0.15, 0.2) is 0 Å². The molecule has 1 amide bonds. The molecule has 0 radical (unpaired) electrons. The molecule has 146 valence electrons. The van der Waals surface area contributed by atoms with E-state index in [9.17, 15) is 18.8 Å². The molecule has 0 saturated heterocycles. The number of amides is 1. The number of alkyl halides is 2. The minimum Gasteiger partial charge on any atom is -0.435 e. The number of halogens is 2. The van der Waals surface area contributed by atoms with E-state index in [0.29, 0.717) is 35.2 Å². The molecule has 0 aromatic heterocycles. The third-order valence-electron chi connectivity index (χ3n) is 4.36. The maximum absolute atomic E-state index is 12.7. The van der Waals surface area contributed by atoms with Crippen LogP contribution < -0.4 is 10.1 Å². The molecule has 3 aromatic carbocycles. The lowest BCUT2D eigenvalue weighted by molar-refractivity contribution is -0.0498. The van der Waals surface area contributed by atoms with Crippen molar-refractivity contribution in [3.63, 3.8) is 0 Å². The van der Waals surface area contributed by atoms with Gasteiger partial charge in [-0.3, -0.25) is 4.79 Å². The quantitative estimate of drug-likeness (QED) is 0.628. The Bertz CT molecular complexity index is 1030. The Morgan fingerprint density at radius 1 is 0.966 bits per heavy atom. The molecular formula is C23H18F2N2O2. The Kier molecular flexibility index (Phi) is 6.54. The van der Waals surface area contributed by atoms with Gasteiger partial charge in [0.2, 0.25) is 0 Å². The fraction of sp³-hybridized carbons (Fsp3) is 0.130. The number of benzene rings is 3. The topological polar surface area (TPSA) is 62.1 Å². The minimum absolute atomic E-state index is 0.0953. The number of nitriles is 1. The molecule has 3 aromatic rings. The van der Waals surface area contributed by atoms with E-state index in [-0.39, 0.29) is 11.7 Å². The molecule has 0 saturated carbocycles. The summed E-state index contributed by atoms with van der Waals surface area (Å²) in [5, 5.41) is 12.2. The molecule has 4 nitrogen and oxygen atoms in total. The number of carbonyl (C=O) groups is 1. The van der Waals surface area contributed by atoms with E-state index in [1.165, 1.54) is 12.1 Å². The van der Waals surface area contributed by atoms with Gasteiger partial charge >= 0.3 is 6.61 Å². The van der Waals surface area contributed by atoms with E-state index >= 15 is 0 Å². The second-order valence-electron chi connectivity index (χ2n) is 6.23. The summed E-state index contributed by atoms with van der Waals surface area (Å²) in [6.07, 6.45) is 0.539. The highest BCUT2D eigenvalue weighted by Crippen LogP contribution is 2.26.